The van der Waals surface area contributed by atoms with E-state index in [0.29, 0.717) is 27.2 Å². The first-order chi connectivity index (χ1) is 15.7. The highest BCUT2D eigenvalue weighted by atomic mass is 35.5. The van der Waals surface area contributed by atoms with E-state index in [1.54, 1.807) is 50.4 Å². The van der Waals surface area contributed by atoms with Gasteiger partial charge in [0.05, 0.1) is 37.7 Å². The van der Waals surface area contributed by atoms with Crippen LogP contribution < -0.4 is 5.56 Å². The molecule has 9 heteroatoms. The molecule has 1 heterocycles. The Morgan fingerprint density at radius 3 is 2.42 bits per heavy atom. The highest BCUT2D eigenvalue weighted by molar-refractivity contribution is 6.42. The first-order valence-corrected chi connectivity index (χ1v) is 11.0. The highest BCUT2D eigenvalue weighted by Gasteiger charge is 2.25. The van der Waals surface area contributed by atoms with Gasteiger partial charge >= 0.3 is 0 Å². The molecule has 0 spiro atoms. The van der Waals surface area contributed by atoms with E-state index < -0.39 is 11.9 Å². The molecule has 0 aliphatic rings. The third-order valence-electron chi connectivity index (χ3n) is 5.40. The molecular formula is C24H17Cl3FN3O2. The maximum atomic E-state index is 13.8. The van der Waals surface area contributed by atoms with Gasteiger partial charge in [-0.3, -0.25) is 14.2 Å². The van der Waals surface area contributed by atoms with Crippen LogP contribution in [-0.4, -0.2) is 27.4 Å². The van der Waals surface area contributed by atoms with E-state index in [9.17, 15) is 14.0 Å². The lowest BCUT2D eigenvalue weighted by atomic mass is 10.1. The summed E-state index contributed by atoms with van der Waals surface area (Å²) in [5.41, 5.74) is 0.782. The van der Waals surface area contributed by atoms with Gasteiger partial charge in [-0.2, -0.15) is 0 Å². The van der Waals surface area contributed by atoms with E-state index >= 15 is 0 Å². The van der Waals surface area contributed by atoms with Gasteiger partial charge in [-0.1, -0.05) is 46.9 Å². The van der Waals surface area contributed by atoms with Crippen LogP contribution in [0.25, 0.3) is 16.6 Å². The molecule has 0 saturated carbocycles. The van der Waals surface area contributed by atoms with E-state index in [-0.39, 0.29) is 27.3 Å². The van der Waals surface area contributed by atoms with Gasteiger partial charge in [-0.05, 0) is 55.5 Å². The van der Waals surface area contributed by atoms with Gasteiger partial charge in [-0.15, -0.1) is 0 Å². The van der Waals surface area contributed by atoms with Crippen molar-refractivity contribution in [2.45, 2.75) is 13.0 Å². The SMILES string of the molecule is CC(c1nc2ccccc2c(=O)n1-c1ccc(F)c(Cl)c1)N(C)C(=O)c1ccc(Cl)c(Cl)c1. The fourth-order valence-corrected chi connectivity index (χ4v) is 3.96. The molecule has 1 aromatic heterocycles. The first kappa shape index (κ1) is 23.2. The Morgan fingerprint density at radius 1 is 1.00 bits per heavy atom. The molecule has 33 heavy (non-hydrogen) atoms. The molecule has 168 valence electrons. The third-order valence-corrected chi connectivity index (χ3v) is 6.43. The molecule has 0 bridgehead atoms. The predicted molar refractivity (Wildman–Crippen MR) is 129 cm³/mol. The van der Waals surface area contributed by atoms with Gasteiger partial charge in [0.25, 0.3) is 11.5 Å². The summed E-state index contributed by atoms with van der Waals surface area (Å²) >= 11 is 18.0. The van der Waals surface area contributed by atoms with Crippen molar-refractivity contribution >= 4 is 51.6 Å². The van der Waals surface area contributed by atoms with E-state index in [1.165, 1.54) is 33.7 Å². The van der Waals surface area contributed by atoms with Crippen molar-refractivity contribution in [1.82, 2.24) is 14.5 Å². The molecule has 0 saturated heterocycles. The van der Waals surface area contributed by atoms with Crippen molar-refractivity contribution < 1.29 is 9.18 Å². The Bertz CT molecular complexity index is 1460. The van der Waals surface area contributed by atoms with Crippen LogP contribution in [0.5, 0.6) is 0 Å². The van der Waals surface area contributed by atoms with Gasteiger partial charge in [0.2, 0.25) is 0 Å². The van der Waals surface area contributed by atoms with E-state index in [1.807, 2.05) is 0 Å². The highest BCUT2D eigenvalue weighted by Crippen LogP contribution is 2.27. The van der Waals surface area contributed by atoms with Gasteiger partial charge < -0.3 is 4.90 Å². The zero-order valence-corrected chi connectivity index (χ0v) is 19.8. The molecule has 4 rings (SSSR count). The lowest BCUT2D eigenvalue weighted by molar-refractivity contribution is 0.0735. The Labute approximate surface area is 203 Å². The largest absolute Gasteiger partial charge is 0.332 e. The molecule has 3 aromatic carbocycles. The second-order valence-corrected chi connectivity index (χ2v) is 8.67. The monoisotopic (exact) mass is 503 g/mol. The molecule has 1 unspecified atom stereocenters. The van der Waals surface area contributed by atoms with Crippen molar-refractivity contribution in [3.8, 4) is 5.69 Å². The zero-order valence-electron chi connectivity index (χ0n) is 17.5. The normalized spacial score (nSPS) is 12.1. The quantitative estimate of drug-likeness (QED) is 0.327. The summed E-state index contributed by atoms with van der Waals surface area (Å²) in [6.07, 6.45) is 0. The summed E-state index contributed by atoms with van der Waals surface area (Å²) in [6.45, 7) is 1.74. The maximum Gasteiger partial charge on any atom is 0.266 e. The Morgan fingerprint density at radius 2 is 1.73 bits per heavy atom. The molecule has 0 N–H and O–H groups in total. The summed E-state index contributed by atoms with van der Waals surface area (Å²) < 4.78 is 15.1. The number of fused-ring (bicyclic) bond motifs is 1. The standard InChI is InChI=1S/C24H17Cl3FN3O2/c1-13(30(2)23(32)14-7-9-17(25)18(26)11-14)22-29-21-6-4-3-5-16(21)24(33)31(22)15-8-10-20(28)19(27)12-15/h3-13H,1-2H3. The fourth-order valence-electron chi connectivity index (χ4n) is 3.49. The number of nitrogens with zero attached hydrogens (tertiary/aromatic N) is 3. The van der Waals surface area contributed by atoms with Crippen molar-refractivity contribution in [2.24, 2.45) is 0 Å². The molecule has 0 aliphatic carbocycles. The lowest BCUT2D eigenvalue weighted by Gasteiger charge is -2.27. The third kappa shape index (κ3) is 4.34. The number of amides is 1. The van der Waals surface area contributed by atoms with Crippen LogP contribution >= 0.6 is 34.8 Å². The van der Waals surface area contributed by atoms with Crippen molar-refractivity contribution in [1.29, 1.82) is 0 Å². The Kier molecular flexibility index (Phi) is 6.43. The number of benzene rings is 3. The second-order valence-electron chi connectivity index (χ2n) is 7.45. The second kappa shape index (κ2) is 9.14. The lowest BCUT2D eigenvalue weighted by Crippen LogP contribution is -2.35. The summed E-state index contributed by atoms with van der Waals surface area (Å²) in [5, 5.41) is 0.839. The number of hydrogen-bond donors (Lipinski definition) is 0. The summed E-state index contributed by atoms with van der Waals surface area (Å²) in [6, 6.07) is 14.8. The number of carbonyl (C=O) groups is 1. The fraction of sp³-hybridized carbons (Fsp3) is 0.125. The first-order valence-electron chi connectivity index (χ1n) is 9.88. The number of aromatic nitrogens is 2. The average Bonchev–Trinajstić information content (AvgIpc) is 2.81. The molecule has 0 radical (unpaired) electrons. The van der Waals surface area contributed by atoms with Crippen LogP contribution in [0, 0.1) is 5.82 Å². The van der Waals surface area contributed by atoms with Crippen LogP contribution in [0.15, 0.2) is 65.5 Å². The van der Waals surface area contributed by atoms with Crippen LogP contribution in [0.2, 0.25) is 15.1 Å². The van der Waals surface area contributed by atoms with Crippen LogP contribution in [0.3, 0.4) is 0 Å². The summed E-state index contributed by atoms with van der Waals surface area (Å²) in [7, 11) is 1.60. The van der Waals surface area contributed by atoms with Gasteiger partial charge in [0.15, 0.2) is 0 Å². The summed E-state index contributed by atoms with van der Waals surface area (Å²) in [5.74, 6) is -0.659. The predicted octanol–water partition coefficient (Wildman–Crippen LogP) is 6.32. The van der Waals surface area contributed by atoms with Crippen LogP contribution in [0.4, 0.5) is 4.39 Å². The molecule has 4 aromatic rings. The van der Waals surface area contributed by atoms with E-state index in [0.717, 1.165) is 0 Å². The Balaban J connectivity index is 1.88. The minimum absolute atomic E-state index is 0.133. The number of para-hydroxylation sites is 1. The molecule has 0 aliphatic heterocycles. The topological polar surface area (TPSA) is 55.2 Å². The van der Waals surface area contributed by atoms with Crippen molar-refractivity contribution in [2.75, 3.05) is 7.05 Å². The number of halogens is 4. The van der Waals surface area contributed by atoms with Crippen LogP contribution in [-0.2, 0) is 0 Å². The van der Waals surface area contributed by atoms with Gasteiger partial charge in [-0.25, -0.2) is 9.37 Å². The number of rotatable bonds is 4. The average molecular weight is 505 g/mol. The van der Waals surface area contributed by atoms with E-state index in [2.05, 4.69) is 4.98 Å². The number of hydrogen-bond acceptors (Lipinski definition) is 3. The molecule has 1 amide bonds. The Hall–Kier alpha value is -2.93. The van der Waals surface area contributed by atoms with Crippen molar-refractivity contribution in [3.05, 3.63) is 103 Å². The summed E-state index contributed by atoms with van der Waals surface area (Å²) in [4.78, 5) is 32.7. The smallest absolute Gasteiger partial charge is 0.266 e. The van der Waals surface area contributed by atoms with Gasteiger partial charge in [0.1, 0.15) is 11.6 Å². The molecular weight excluding hydrogens is 488 g/mol. The van der Waals surface area contributed by atoms with E-state index in [4.69, 9.17) is 34.8 Å². The molecule has 5 nitrogen and oxygen atoms in total. The zero-order chi connectivity index (χ0) is 23.9. The van der Waals surface area contributed by atoms with Gasteiger partial charge in [0, 0.05) is 12.6 Å². The molecule has 1 atom stereocenters. The van der Waals surface area contributed by atoms with Crippen LogP contribution in [0.1, 0.15) is 29.1 Å². The molecule has 0 fully saturated rings. The number of carbonyl (C=O) groups excluding carboxylic acids is 1. The maximum absolute atomic E-state index is 13.8. The van der Waals surface area contributed by atoms with Crippen molar-refractivity contribution in [3.63, 3.8) is 0 Å². The minimum atomic E-state index is -0.645. The minimum Gasteiger partial charge on any atom is -0.332 e.